The van der Waals surface area contributed by atoms with Crippen LogP contribution in [0.25, 0.3) is 0 Å². The molecule has 0 saturated heterocycles. The monoisotopic (exact) mass is 235 g/mol. The molecule has 1 saturated carbocycles. The molecule has 0 atom stereocenters. The van der Waals surface area contributed by atoms with Crippen LogP contribution in [0.2, 0.25) is 0 Å². The van der Waals surface area contributed by atoms with Gasteiger partial charge in [-0.3, -0.25) is 0 Å². The van der Waals surface area contributed by atoms with Gasteiger partial charge in [0, 0.05) is 6.54 Å². The Morgan fingerprint density at radius 1 is 0.933 bits per heavy atom. The van der Waals surface area contributed by atoms with Gasteiger partial charge in [0.15, 0.2) is 0 Å². The number of nitrogens with one attached hydrogen (secondary N) is 1. The first-order chi connectivity index (χ1) is 6.93. The third-order valence-corrected chi connectivity index (χ3v) is 3.24. The van der Waals surface area contributed by atoms with Crippen LogP contribution < -0.4 is 5.32 Å². The lowest BCUT2D eigenvalue weighted by atomic mass is 9.89. The summed E-state index contributed by atoms with van der Waals surface area (Å²) < 4.78 is 0. The summed E-state index contributed by atoms with van der Waals surface area (Å²) in [5.74, 6) is 0.946. The maximum atomic E-state index is 8.62. The summed E-state index contributed by atoms with van der Waals surface area (Å²) in [6.45, 7) is 2.11. The van der Waals surface area contributed by atoms with Gasteiger partial charge in [0.1, 0.15) is 0 Å². The SMILES string of the molecule is Cl.OCCNCCC1CCCCCCC1. The van der Waals surface area contributed by atoms with Crippen LogP contribution in [0.4, 0.5) is 0 Å². The Kier molecular flexibility index (Phi) is 10.9. The Balaban J connectivity index is 0.00000196. The van der Waals surface area contributed by atoms with Crippen LogP contribution in [0, 0.1) is 5.92 Å². The predicted molar refractivity (Wildman–Crippen MR) is 67.6 cm³/mol. The van der Waals surface area contributed by atoms with E-state index in [-0.39, 0.29) is 19.0 Å². The third-order valence-electron chi connectivity index (χ3n) is 3.24. The van der Waals surface area contributed by atoms with Crippen LogP contribution in [0.5, 0.6) is 0 Å². The van der Waals surface area contributed by atoms with E-state index in [0.717, 1.165) is 19.0 Å². The van der Waals surface area contributed by atoms with Gasteiger partial charge in [-0.1, -0.05) is 44.9 Å². The molecule has 0 aromatic rings. The van der Waals surface area contributed by atoms with Crippen molar-refractivity contribution in [2.24, 2.45) is 5.92 Å². The molecule has 2 N–H and O–H groups in total. The Bertz CT molecular complexity index is 125. The average molecular weight is 236 g/mol. The minimum atomic E-state index is 0. The molecule has 1 aliphatic rings. The second kappa shape index (κ2) is 10.7. The largest absolute Gasteiger partial charge is 0.395 e. The molecular formula is C12H26ClNO. The maximum absolute atomic E-state index is 8.62. The highest BCUT2D eigenvalue weighted by atomic mass is 35.5. The number of aliphatic hydroxyl groups excluding tert-OH is 1. The van der Waals surface area contributed by atoms with E-state index in [4.69, 9.17) is 5.11 Å². The van der Waals surface area contributed by atoms with Gasteiger partial charge in [-0.05, 0) is 18.9 Å². The fourth-order valence-corrected chi connectivity index (χ4v) is 2.34. The normalized spacial score (nSPS) is 19.0. The Morgan fingerprint density at radius 3 is 2.13 bits per heavy atom. The highest BCUT2D eigenvalue weighted by Crippen LogP contribution is 2.24. The summed E-state index contributed by atoms with van der Waals surface area (Å²) in [6.07, 6.45) is 11.4. The molecule has 0 aromatic carbocycles. The van der Waals surface area contributed by atoms with Crippen molar-refractivity contribution in [1.82, 2.24) is 5.32 Å². The number of halogens is 1. The first-order valence-electron chi connectivity index (χ1n) is 6.25. The lowest BCUT2D eigenvalue weighted by Crippen LogP contribution is -2.21. The van der Waals surface area contributed by atoms with Crippen LogP contribution >= 0.6 is 12.4 Å². The molecular weight excluding hydrogens is 210 g/mol. The fourth-order valence-electron chi connectivity index (χ4n) is 2.34. The Hall–Kier alpha value is 0.210. The highest BCUT2D eigenvalue weighted by Gasteiger charge is 2.10. The van der Waals surface area contributed by atoms with Gasteiger partial charge >= 0.3 is 0 Å². The van der Waals surface area contributed by atoms with Crippen molar-refractivity contribution >= 4 is 12.4 Å². The molecule has 0 aliphatic heterocycles. The quantitative estimate of drug-likeness (QED) is 0.719. The topological polar surface area (TPSA) is 32.3 Å². The van der Waals surface area contributed by atoms with E-state index in [1.807, 2.05) is 0 Å². The van der Waals surface area contributed by atoms with Crippen LogP contribution in [-0.2, 0) is 0 Å². The van der Waals surface area contributed by atoms with Gasteiger partial charge in [-0.25, -0.2) is 0 Å². The minimum absolute atomic E-state index is 0. The van der Waals surface area contributed by atoms with Crippen LogP contribution in [0.15, 0.2) is 0 Å². The molecule has 0 radical (unpaired) electrons. The van der Waals surface area contributed by atoms with E-state index in [0.29, 0.717) is 0 Å². The number of rotatable bonds is 5. The molecule has 0 unspecified atom stereocenters. The van der Waals surface area contributed by atoms with Crippen molar-refractivity contribution in [2.45, 2.75) is 51.4 Å². The summed E-state index contributed by atoms with van der Waals surface area (Å²) >= 11 is 0. The van der Waals surface area contributed by atoms with Gasteiger partial charge in [0.25, 0.3) is 0 Å². The lowest BCUT2D eigenvalue weighted by Gasteiger charge is -2.19. The number of hydrogen-bond acceptors (Lipinski definition) is 2. The molecule has 0 amide bonds. The van der Waals surface area contributed by atoms with Gasteiger partial charge in [0.2, 0.25) is 0 Å². The molecule has 0 spiro atoms. The first-order valence-corrected chi connectivity index (χ1v) is 6.25. The van der Waals surface area contributed by atoms with Crippen molar-refractivity contribution in [1.29, 1.82) is 0 Å². The number of aliphatic hydroxyl groups is 1. The second-order valence-corrected chi connectivity index (χ2v) is 4.47. The van der Waals surface area contributed by atoms with Gasteiger partial charge in [0.05, 0.1) is 6.61 Å². The van der Waals surface area contributed by atoms with Crippen molar-refractivity contribution < 1.29 is 5.11 Å². The van der Waals surface area contributed by atoms with Crippen molar-refractivity contribution in [3.05, 3.63) is 0 Å². The molecule has 0 bridgehead atoms. The molecule has 15 heavy (non-hydrogen) atoms. The zero-order valence-electron chi connectivity index (χ0n) is 9.71. The van der Waals surface area contributed by atoms with Gasteiger partial charge < -0.3 is 10.4 Å². The van der Waals surface area contributed by atoms with E-state index in [2.05, 4.69) is 5.32 Å². The lowest BCUT2D eigenvalue weighted by molar-refractivity contribution is 0.286. The van der Waals surface area contributed by atoms with Gasteiger partial charge in [-0.2, -0.15) is 0 Å². The average Bonchev–Trinajstić information content (AvgIpc) is 2.15. The van der Waals surface area contributed by atoms with E-state index in [1.54, 1.807) is 0 Å². The molecule has 1 fully saturated rings. The molecule has 0 heterocycles. The van der Waals surface area contributed by atoms with Crippen molar-refractivity contribution in [2.75, 3.05) is 19.7 Å². The minimum Gasteiger partial charge on any atom is -0.395 e. The smallest absolute Gasteiger partial charge is 0.0555 e. The number of hydrogen-bond donors (Lipinski definition) is 2. The van der Waals surface area contributed by atoms with Gasteiger partial charge in [-0.15, -0.1) is 12.4 Å². The molecule has 1 aliphatic carbocycles. The Labute approximate surface area is 100 Å². The zero-order chi connectivity index (χ0) is 10.1. The summed E-state index contributed by atoms with van der Waals surface area (Å²) in [5.41, 5.74) is 0. The highest BCUT2D eigenvalue weighted by molar-refractivity contribution is 5.85. The molecule has 1 rings (SSSR count). The Morgan fingerprint density at radius 2 is 1.53 bits per heavy atom. The molecule has 0 aromatic heterocycles. The van der Waals surface area contributed by atoms with E-state index in [9.17, 15) is 0 Å². The van der Waals surface area contributed by atoms with Crippen LogP contribution in [0.1, 0.15) is 51.4 Å². The van der Waals surface area contributed by atoms with E-state index in [1.165, 1.54) is 51.4 Å². The van der Waals surface area contributed by atoms with E-state index < -0.39 is 0 Å². The van der Waals surface area contributed by atoms with E-state index >= 15 is 0 Å². The standard InChI is InChI=1S/C12H25NO.ClH/c14-11-10-13-9-8-12-6-4-2-1-3-5-7-12;/h12-14H,1-11H2;1H. The molecule has 2 nitrogen and oxygen atoms in total. The summed E-state index contributed by atoms with van der Waals surface area (Å²) in [4.78, 5) is 0. The third kappa shape index (κ3) is 8.06. The molecule has 3 heteroatoms. The predicted octanol–water partition coefficient (Wildman–Crippen LogP) is 2.74. The van der Waals surface area contributed by atoms with Crippen LogP contribution in [0.3, 0.4) is 0 Å². The summed E-state index contributed by atoms with van der Waals surface area (Å²) in [6, 6.07) is 0. The molecule has 92 valence electrons. The second-order valence-electron chi connectivity index (χ2n) is 4.47. The fraction of sp³-hybridized carbons (Fsp3) is 1.00. The first kappa shape index (κ1) is 15.2. The summed E-state index contributed by atoms with van der Waals surface area (Å²) in [7, 11) is 0. The maximum Gasteiger partial charge on any atom is 0.0555 e. The van der Waals surface area contributed by atoms with Crippen molar-refractivity contribution in [3.8, 4) is 0 Å². The van der Waals surface area contributed by atoms with Crippen LogP contribution in [-0.4, -0.2) is 24.8 Å². The summed E-state index contributed by atoms with van der Waals surface area (Å²) in [5, 5.41) is 11.9. The van der Waals surface area contributed by atoms with Crippen molar-refractivity contribution in [3.63, 3.8) is 0 Å². The zero-order valence-corrected chi connectivity index (χ0v) is 10.5.